The number of ether oxygens (including phenoxy) is 1. The number of hydrogen-bond donors (Lipinski definition) is 2. The number of aromatic hydroxyl groups is 1. The van der Waals surface area contributed by atoms with Crippen LogP contribution in [0, 0.1) is 0 Å². The van der Waals surface area contributed by atoms with Crippen molar-refractivity contribution in [1.29, 1.82) is 0 Å². The number of nitrogens with one attached hydrogen (secondary N) is 1. The van der Waals surface area contributed by atoms with Gasteiger partial charge in [-0.3, -0.25) is 4.79 Å². The van der Waals surface area contributed by atoms with Crippen LogP contribution in [-0.2, 0) is 0 Å². The molecule has 0 amide bonds. The second-order valence-electron chi connectivity index (χ2n) is 5.83. The first-order valence-corrected chi connectivity index (χ1v) is 7.87. The fourth-order valence-corrected chi connectivity index (χ4v) is 2.44. The van der Waals surface area contributed by atoms with Crippen molar-refractivity contribution in [1.82, 2.24) is 0 Å². The molecule has 0 aliphatic rings. The second-order valence-corrected chi connectivity index (χ2v) is 5.83. The van der Waals surface area contributed by atoms with Gasteiger partial charge in [0, 0.05) is 29.9 Å². The molecule has 0 fully saturated rings. The summed E-state index contributed by atoms with van der Waals surface area (Å²) in [5.41, 5.74) is 3.16. The van der Waals surface area contributed by atoms with Crippen LogP contribution in [-0.4, -0.2) is 25.0 Å². The van der Waals surface area contributed by atoms with Gasteiger partial charge in [0.1, 0.15) is 11.5 Å². The number of benzene rings is 2. The van der Waals surface area contributed by atoms with Crippen LogP contribution in [0.4, 0.5) is 5.69 Å². The average molecular weight is 325 g/mol. The highest BCUT2D eigenvalue weighted by atomic mass is 16.5. The molecule has 24 heavy (non-hydrogen) atoms. The van der Waals surface area contributed by atoms with Gasteiger partial charge in [0.2, 0.25) is 0 Å². The minimum atomic E-state index is -0.0844. The first-order chi connectivity index (χ1) is 11.5. The molecule has 0 atom stereocenters. The topological polar surface area (TPSA) is 58.6 Å². The van der Waals surface area contributed by atoms with Gasteiger partial charge in [-0.25, -0.2) is 0 Å². The summed E-state index contributed by atoms with van der Waals surface area (Å²) in [5, 5.41) is 13.1. The fourth-order valence-electron chi connectivity index (χ4n) is 2.44. The van der Waals surface area contributed by atoms with Crippen LogP contribution in [0.3, 0.4) is 0 Å². The number of methoxy groups -OCH3 is 1. The Morgan fingerprint density at radius 3 is 2.42 bits per heavy atom. The molecule has 0 bridgehead atoms. The van der Waals surface area contributed by atoms with E-state index < -0.39 is 0 Å². The molecule has 0 saturated carbocycles. The van der Waals surface area contributed by atoms with E-state index in [-0.39, 0.29) is 17.5 Å². The van der Waals surface area contributed by atoms with Crippen LogP contribution >= 0.6 is 0 Å². The fraction of sp³-hybridized carbons (Fsp3) is 0.250. The quantitative estimate of drug-likeness (QED) is 0.608. The van der Waals surface area contributed by atoms with Crippen molar-refractivity contribution >= 4 is 17.5 Å². The van der Waals surface area contributed by atoms with Gasteiger partial charge in [-0.2, -0.15) is 0 Å². The van der Waals surface area contributed by atoms with Crippen molar-refractivity contribution in [2.75, 3.05) is 19.5 Å². The minimum absolute atomic E-state index is 0.0844. The highest BCUT2D eigenvalue weighted by Crippen LogP contribution is 2.33. The Morgan fingerprint density at radius 1 is 1.21 bits per heavy atom. The molecular weight excluding hydrogens is 302 g/mol. The Bertz CT molecular complexity index is 746. The normalized spacial score (nSPS) is 11.0. The molecular formula is C20H23NO3. The summed E-state index contributed by atoms with van der Waals surface area (Å²) in [4.78, 5) is 12.3. The summed E-state index contributed by atoms with van der Waals surface area (Å²) in [6.07, 6.45) is 3.24. The van der Waals surface area contributed by atoms with Gasteiger partial charge in [0.15, 0.2) is 5.78 Å². The zero-order chi connectivity index (χ0) is 17.7. The first-order valence-electron chi connectivity index (χ1n) is 7.87. The van der Waals surface area contributed by atoms with E-state index >= 15 is 0 Å². The predicted octanol–water partition coefficient (Wildman–Crippen LogP) is 4.46. The standard InChI is InChI=1S/C20H23NO3/c1-13(2)17-11-15(20(24-4)12-19(17)23)7-10-18(22)14-5-8-16(21-3)9-6-14/h5-13,21,23H,1-4H3/b10-7+. The van der Waals surface area contributed by atoms with E-state index in [2.05, 4.69) is 5.32 Å². The van der Waals surface area contributed by atoms with Gasteiger partial charge < -0.3 is 15.2 Å². The van der Waals surface area contributed by atoms with Crippen molar-refractivity contribution in [3.05, 3.63) is 59.2 Å². The largest absolute Gasteiger partial charge is 0.508 e. The summed E-state index contributed by atoms with van der Waals surface area (Å²) in [6.45, 7) is 4.01. The number of phenols is 1. The Hall–Kier alpha value is -2.75. The van der Waals surface area contributed by atoms with E-state index in [4.69, 9.17) is 4.74 Å². The third-order valence-electron chi connectivity index (χ3n) is 3.87. The Kier molecular flexibility index (Phi) is 5.64. The summed E-state index contributed by atoms with van der Waals surface area (Å²) in [6, 6.07) is 10.7. The first kappa shape index (κ1) is 17.6. The maximum atomic E-state index is 12.3. The molecule has 0 heterocycles. The maximum Gasteiger partial charge on any atom is 0.185 e. The van der Waals surface area contributed by atoms with Crippen molar-refractivity contribution in [2.24, 2.45) is 0 Å². The summed E-state index contributed by atoms with van der Waals surface area (Å²) >= 11 is 0. The van der Waals surface area contributed by atoms with Gasteiger partial charge in [-0.05, 0) is 54.0 Å². The van der Waals surface area contributed by atoms with Gasteiger partial charge in [-0.15, -0.1) is 0 Å². The maximum absolute atomic E-state index is 12.3. The summed E-state index contributed by atoms with van der Waals surface area (Å²) in [5.74, 6) is 0.825. The van der Waals surface area contributed by atoms with Gasteiger partial charge in [0.25, 0.3) is 0 Å². The number of allylic oxidation sites excluding steroid dienone is 1. The second kappa shape index (κ2) is 7.68. The van der Waals surface area contributed by atoms with Gasteiger partial charge in [-0.1, -0.05) is 13.8 Å². The third-order valence-corrected chi connectivity index (χ3v) is 3.87. The van der Waals surface area contributed by atoms with Crippen LogP contribution in [0.5, 0.6) is 11.5 Å². The SMILES string of the molecule is CNc1ccc(C(=O)/C=C/c2cc(C(C)C)c(O)cc2OC)cc1. The average Bonchev–Trinajstić information content (AvgIpc) is 2.59. The highest BCUT2D eigenvalue weighted by Gasteiger charge is 2.11. The molecule has 0 saturated heterocycles. The number of anilines is 1. The smallest absolute Gasteiger partial charge is 0.185 e. The Balaban J connectivity index is 2.29. The minimum Gasteiger partial charge on any atom is -0.508 e. The lowest BCUT2D eigenvalue weighted by molar-refractivity contribution is 0.104. The molecule has 2 rings (SSSR count). The molecule has 4 heteroatoms. The number of ketones is 1. The van der Waals surface area contributed by atoms with Crippen molar-refractivity contribution in [3.8, 4) is 11.5 Å². The predicted molar refractivity (Wildman–Crippen MR) is 98.1 cm³/mol. The molecule has 4 nitrogen and oxygen atoms in total. The number of carbonyl (C=O) groups excluding carboxylic acids is 1. The van der Waals surface area contributed by atoms with E-state index in [9.17, 15) is 9.90 Å². The van der Waals surface area contributed by atoms with Gasteiger partial charge >= 0.3 is 0 Å². The third kappa shape index (κ3) is 3.96. The van der Waals surface area contributed by atoms with E-state index in [0.717, 1.165) is 16.8 Å². The highest BCUT2D eigenvalue weighted by molar-refractivity contribution is 6.07. The van der Waals surface area contributed by atoms with Crippen molar-refractivity contribution in [2.45, 2.75) is 19.8 Å². The number of carbonyl (C=O) groups is 1. The van der Waals surface area contributed by atoms with Crippen molar-refractivity contribution in [3.63, 3.8) is 0 Å². The number of hydrogen-bond acceptors (Lipinski definition) is 4. The van der Waals surface area contributed by atoms with E-state index in [1.807, 2.05) is 39.1 Å². The van der Waals surface area contributed by atoms with E-state index in [1.54, 1.807) is 31.4 Å². The number of phenolic OH excluding ortho intramolecular Hbond substituents is 1. The molecule has 0 aliphatic heterocycles. The molecule has 0 unspecified atom stereocenters. The lowest BCUT2D eigenvalue weighted by atomic mass is 9.98. The van der Waals surface area contributed by atoms with E-state index in [0.29, 0.717) is 11.3 Å². The molecule has 0 aromatic heterocycles. The van der Waals surface area contributed by atoms with Gasteiger partial charge in [0.05, 0.1) is 7.11 Å². The van der Waals surface area contributed by atoms with Crippen LogP contribution in [0.15, 0.2) is 42.5 Å². The molecule has 0 aliphatic carbocycles. The monoisotopic (exact) mass is 325 g/mol. The van der Waals surface area contributed by atoms with Crippen molar-refractivity contribution < 1.29 is 14.6 Å². The molecule has 2 aromatic rings. The molecule has 0 radical (unpaired) electrons. The van der Waals surface area contributed by atoms with Crippen LogP contribution in [0.1, 0.15) is 41.3 Å². The Labute approximate surface area is 142 Å². The summed E-state index contributed by atoms with van der Waals surface area (Å²) < 4.78 is 5.30. The lowest BCUT2D eigenvalue weighted by Crippen LogP contribution is -1.96. The van der Waals surface area contributed by atoms with Crippen LogP contribution in [0.25, 0.3) is 6.08 Å². The zero-order valence-corrected chi connectivity index (χ0v) is 14.5. The number of rotatable bonds is 6. The van der Waals surface area contributed by atoms with Crippen LogP contribution < -0.4 is 10.1 Å². The summed E-state index contributed by atoms with van der Waals surface area (Å²) in [7, 11) is 3.37. The Morgan fingerprint density at radius 2 is 1.88 bits per heavy atom. The zero-order valence-electron chi connectivity index (χ0n) is 14.5. The van der Waals surface area contributed by atoms with Crippen LogP contribution in [0.2, 0.25) is 0 Å². The van der Waals surface area contributed by atoms with E-state index in [1.165, 1.54) is 6.08 Å². The molecule has 0 spiro atoms. The lowest BCUT2D eigenvalue weighted by Gasteiger charge is -2.12. The molecule has 2 aromatic carbocycles. The molecule has 2 N–H and O–H groups in total. The molecule has 126 valence electrons.